The first-order chi connectivity index (χ1) is 16.7. The summed E-state index contributed by atoms with van der Waals surface area (Å²) < 4.78 is 0. The molecule has 1 amide bonds. The van der Waals surface area contributed by atoms with Crippen LogP contribution < -0.4 is 5.32 Å². The number of hydrogen-bond acceptors (Lipinski definition) is 5. The Hall–Kier alpha value is -4.03. The molecule has 0 fully saturated rings. The van der Waals surface area contributed by atoms with Crippen molar-refractivity contribution in [3.05, 3.63) is 103 Å². The van der Waals surface area contributed by atoms with Crippen LogP contribution in [0.5, 0.6) is 0 Å². The highest BCUT2D eigenvalue weighted by Gasteiger charge is 2.20. The van der Waals surface area contributed by atoms with Gasteiger partial charge in [0.25, 0.3) is 0 Å². The highest BCUT2D eigenvalue weighted by Crippen LogP contribution is 2.31. The molecule has 0 radical (unpaired) electrons. The molecular weight excluding hydrogens is 440 g/mol. The molecule has 5 rings (SSSR count). The van der Waals surface area contributed by atoms with Crippen molar-refractivity contribution in [2.45, 2.75) is 17.3 Å². The number of nitrogens with one attached hydrogen (secondary N) is 1. The van der Waals surface area contributed by atoms with Crippen LogP contribution in [0.15, 0.2) is 108 Å². The van der Waals surface area contributed by atoms with Gasteiger partial charge in [-0.3, -0.25) is 4.79 Å². The molecule has 6 heteroatoms. The number of aromatic nitrogens is 3. The lowest BCUT2D eigenvalue weighted by atomic mass is 10.0. The summed E-state index contributed by atoms with van der Waals surface area (Å²) in [5, 5.41) is 14.0. The largest absolute Gasteiger partial charge is 0.325 e. The average molecular weight is 463 g/mol. The zero-order chi connectivity index (χ0) is 23.3. The van der Waals surface area contributed by atoms with Crippen LogP contribution >= 0.6 is 11.8 Å². The number of rotatable bonds is 6. The van der Waals surface area contributed by atoms with Gasteiger partial charge in [-0.15, -0.1) is 10.2 Å². The highest BCUT2D eigenvalue weighted by molar-refractivity contribution is 8.00. The van der Waals surface area contributed by atoms with Crippen LogP contribution in [0.2, 0.25) is 0 Å². The van der Waals surface area contributed by atoms with Gasteiger partial charge in [-0.05, 0) is 18.4 Å². The number of benzene rings is 4. The van der Waals surface area contributed by atoms with Gasteiger partial charge in [0.15, 0.2) is 0 Å². The van der Waals surface area contributed by atoms with Crippen molar-refractivity contribution in [3.8, 4) is 22.5 Å². The third kappa shape index (κ3) is 4.67. The number of carbonyl (C=O) groups excluding carboxylic acids is 1. The SMILES string of the molecule is C[C@H](Sc1nnc(-c2ccccc2)c(-c2ccccc2)n1)C(=O)Nc1cccc2ccccc12. The Morgan fingerprint density at radius 2 is 1.35 bits per heavy atom. The van der Waals surface area contributed by atoms with Gasteiger partial charge in [0.1, 0.15) is 11.4 Å². The minimum absolute atomic E-state index is 0.113. The van der Waals surface area contributed by atoms with E-state index >= 15 is 0 Å². The second-order valence-electron chi connectivity index (χ2n) is 7.80. The molecule has 0 spiro atoms. The molecule has 4 aromatic carbocycles. The second-order valence-corrected chi connectivity index (χ2v) is 9.11. The van der Waals surface area contributed by atoms with Crippen LogP contribution in [0.4, 0.5) is 5.69 Å². The quantitative estimate of drug-likeness (QED) is 0.293. The van der Waals surface area contributed by atoms with Crippen LogP contribution in [-0.4, -0.2) is 26.3 Å². The molecule has 5 aromatic rings. The standard InChI is InChI=1S/C28H22N4OS/c1-19(27(33)29-24-18-10-16-20-11-8-9-17-23(20)24)34-28-30-25(21-12-4-2-5-13-21)26(31-32-28)22-14-6-3-7-15-22/h2-19H,1H3,(H,29,33)/t19-/m0/s1. The molecule has 0 bridgehead atoms. The van der Waals surface area contributed by atoms with E-state index in [4.69, 9.17) is 4.98 Å². The van der Waals surface area contributed by atoms with E-state index in [0.717, 1.165) is 33.3 Å². The Morgan fingerprint density at radius 3 is 2.09 bits per heavy atom. The molecule has 34 heavy (non-hydrogen) atoms. The Labute approximate surface area is 202 Å². The molecule has 0 unspecified atom stereocenters. The Kier molecular flexibility index (Phi) is 6.31. The molecule has 0 saturated heterocycles. The summed E-state index contributed by atoms with van der Waals surface area (Å²) in [7, 11) is 0. The summed E-state index contributed by atoms with van der Waals surface area (Å²) in [6.07, 6.45) is 0. The van der Waals surface area contributed by atoms with Crippen molar-refractivity contribution in [2.24, 2.45) is 0 Å². The second kappa shape index (κ2) is 9.85. The zero-order valence-corrected chi connectivity index (χ0v) is 19.4. The number of carbonyl (C=O) groups is 1. The molecule has 5 nitrogen and oxygen atoms in total. The number of fused-ring (bicyclic) bond motifs is 1. The molecule has 0 aliphatic heterocycles. The molecule has 0 saturated carbocycles. The molecule has 1 aromatic heterocycles. The smallest absolute Gasteiger partial charge is 0.237 e. The lowest BCUT2D eigenvalue weighted by Crippen LogP contribution is -2.23. The van der Waals surface area contributed by atoms with E-state index in [-0.39, 0.29) is 5.91 Å². The number of thioether (sulfide) groups is 1. The van der Waals surface area contributed by atoms with E-state index in [1.54, 1.807) is 0 Å². The van der Waals surface area contributed by atoms with Crippen molar-refractivity contribution in [3.63, 3.8) is 0 Å². The van der Waals surface area contributed by atoms with Gasteiger partial charge in [0, 0.05) is 22.2 Å². The van der Waals surface area contributed by atoms with E-state index < -0.39 is 5.25 Å². The van der Waals surface area contributed by atoms with Crippen LogP contribution in [0.1, 0.15) is 6.92 Å². The summed E-state index contributed by atoms with van der Waals surface area (Å²) in [6.45, 7) is 1.85. The number of hydrogen-bond donors (Lipinski definition) is 1. The highest BCUT2D eigenvalue weighted by atomic mass is 32.2. The van der Waals surface area contributed by atoms with Crippen molar-refractivity contribution < 1.29 is 4.79 Å². The van der Waals surface area contributed by atoms with Crippen molar-refractivity contribution >= 4 is 34.1 Å². The molecule has 0 aliphatic rings. The Balaban J connectivity index is 1.41. The van der Waals surface area contributed by atoms with Gasteiger partial charge in [0.2, 0.25) is 11.1 Å². The third-order valence-corrected chi connectivity index (χ3v) is 6.41. The first-order valence-corrected chi connectivity index (χ1v) is 11.9. The van der Waals surface area contributed by atoms with Gasteiger partial charge >= 0.3 is 0 Å². The van der Waals surface area contributed by atoms with E-state index in [1.807, 2.05) is 110 Å². The zero-order valence-electron chi connectivity index (χ0n) is 18.6. The minimum atomic E-state index is -0.410. The van der Waals surface area contributed by atoms with E-state index in [9.17, 15) is 4.79 Å². The first kappa shape index (κ1) is 21.8. The third-order valence-electron chi connectivity index (χ3n) is 5.46. The fraction of sp³-hybridized carbons (Fsp3) is 0.0714. The summed E-state index contributed by atoms with van der Waals surface area (Å²) in [5.74, 6) is -0.113. The van der Waals surface area contributed by atoms with Gasteiger partial charge in [-0.2, -0.15) is 0 Å². The van der Waals surface area contributed by atoms with Gasteiger partial charge in [-0.25, -0.2) is 4.98 Å². The van der Waals surface area contributed by atoms with E-state index in [0.29, 0.717) is 10.9 Å². The predicted octanol–water partition coefficient (Wildman–Crippen LogP) is 6.48. The molecule has 1 heterocycles. The maximum absolute atomic E-state index is 13.0. The van der Waals surface area contributed by atoms with Crippen molar-refractivity contribution in [1.82, 2.24) is 15.2 Å². The topological polar surface area (TPSA) is 67.8 Å². The lowest BCUT2D eigenvalue weighted by Gasteiger charge is -2.14. The maximum atomic E-state index is 13.0. The summed E-state index contributed by atoms with van der Waals surface area (Å²) in [6, 6.07) is 33.7. The Bertz CT molecular complexity index is 1440. The van der Waals surface area contributed by atoms with E-state index in [1.165, 1.54) is 11.8 Å². The monoisotopic (exact) mass is 462 g/mol. The van der Waals surface area contributed by atoms with Crippen molar-refractivity contribution in [2.75, 3.05) is 5.32 Å². The van der Waals surface area contributed by atoms with Gasteiger partial charge < -0.3 is 5.32 Å². The van der Waals surface area contributed by atoms with Gasteiger partial charge in [0.05, 0.1) is 5.25 Å². The number of anilines is 1. The number of nitrogens with zero attached hydrogens (tertiary/aromatic N) is 3. The normalized spacial score (nSPS) is 11.8. The van der Waals surface area contributed by atoms with Crippen LogP contribution in [0, 0.1) is 0 Å². The molecular formula is C28H22N4OS. The Morgan fingerprint density at radius 1 is 0.735 bits per heavy atom. The van der Waals surface area contributed by atoms with Crippen LogP contribution in [-0.2, 0) is 4.79 Å². The summed E-state index contributed by atoms with van der Waals surface area (Å²) in [4.78, 5) is 17.8. The number of amides is 1. The maximum Gasteiger partial charge on any atom is 0.237 e. The van der Waals surface area contributed by atoms with Gasteiger partial charge in [-0.1, -0.05) is 109 Å². The van der Waals surface area contributed by atoms with Crippen LogP contribution in [0.25, 0.3) is 33.3 Å². The van der Waals surface area contributed by atoms with Crippen molar-refractivity contribution in [1.29, 1.82) is 0 Å². The molecule has 1 N–H and O–H groups in total. The first-order valence-electron chi connectivity index (χ1n) is 11.0. The molecule has 0 aliphatic carbocycles. The minimum Gasteiger partial charge on any atom is -0.325 e. The van der Waals surface area contributed by atoms with Crippen LogP contribution in [0.3, 0.4) is 0 Å². The summed E-state index contributed by atoms with van der Waals surface area (Å²) in [5.41, 5.74) is 4.14. The fourth-order valence-electron chi connectivity index (χ4n) is 3.73. The summed E-state index contributed by atoms with van der Waals surface area (Å²) >= 11 is 1.29. The lowest BCUT2D eigenvalue weighted by molar-refractivity contribution is -0.115. The molecule has 166 valence electrons. The average Bonchev–Trinajstić information content (AvgIpc) is 2.90. The predicted molar refractivity (Wildman–Crippen MR) is 139 cm³/mol. The molecule has 1 atom stereocenters. The van der Waals surface area contributed by atoms with E-state index in [2.05, 4.69) is 15.5 Å². The fourth-order valence-corrected chi connectivity index (χ4v) is 4.44.